The van der Waals surface area contributed by atoms with Crippen molar-refractivity contribution < 1.29 is 9.53 Å². The number of hydrogen-bond donors (Lipinski definition) is 2. The van der Waals surface area contributed by atoms with Crippen molar-refractivity contribution in [3.8, 4) is 11.4 Å². The maximum absolute atomic E-state index is 12.6. The van der Waals surface area contributed by atoms with E-state index in [-0.39, 0.29) is 5.91 Å². The van der Waals surface area contributed by atoms with Gasteiger partial charge in [0.1, 0.15) is 11.3 Å². The number of benzene rings is 1. The van der Waals surface area contributed by atoms with Crippen molar-refractivity contribution in [3.05, 3.63) is 35.5 Å². The number of carbonyl (C=O) groups excluding carboxylic acids is 1. The maximum Gasteiger partial charge on any atom is 0.242 e. The van der Waals surface area contributed by atoms with Crippen molar-refractivity contribution in [1.29, 1.82) is 0 Å². The van der Waals surface area contributed by atoms with Crippen LogP contribution in [0.3, 0.4) is 0 Å². The lowest BCUT2D eigenvalue weighted by molar-refractivity contribution is -0.131. The van der Waals surface area contributed by atoms with Gasteiger partial charge >= 0.3 is 0 Å². The third-order valence-corrected chi connectivity index (χ3v) is 7.42. The van der Waals surface area contributed by atoms with E-state index < -0.39 is 0 Å². The summed E-state index contributed by atoms with van der Waals surface area (Å²) in [5.41, 5.74) is 4.31. The zero-order chi connectivity index (χ0) is 25.1. The summed E-state index contributed by atoms with van der Waals surface area (Å²) in [4.78, 5) is 31.7. The zero-order valence-corrected chi connectivity index (χ0v) is 21.7. The number of aromatic nitrogens is 3. The molecule has 2 N–H and O–H groups in total. The molecule has 0 unspecified atom stereocenters. The van der Waals surface area contributed by atoms with Gasteiger partial charge in [0.2, 0.25) is 5.91 Å². The van der Waals surface area contributed by atoms with Gasteiger partial charge in [-0.1, -0.05) is 11.6 Å². The highest BCUT2D eigenvalue weighted by Gasteiger charge is 2.24. The number of hydrogen-bond acceptors (Lipinski definition) is 7. The predicted octanol–water partition coefficient (Wildman–Crippen LogP) is 3.47. The van der Waals surface area contributed by atoms with Crippen LogP contribution in [0.15, 0.2) is 30.5 Å². The van der Waals surface area contributed by atoms with Gasteiger partial charge in [0.25, 0.3) is 0 Å². The quantitative estimate of drug-likeness (QED) is 0.447. The van der Waals surface area contributed by atoms with E-state index in [2.05, 4.69) is 44.3 Å². The first-order valence-electron chi connectivity index (χ1n) is 12.6. The lowest BCUT2D eigenvalue weighted by Crippen LogP contribution is -2.50. The Labute approximate surface area is 216 Å². The van der Waals surface area contributed by atoms with Crippen LogP contribution in [0.2, 0.25) is 5.02 Å². The molecule has 0 spiro atoms. The molecular weight excluding hydrogens is 478 g/mol. The molecule has 4 heterocycles. The number of carbonyl (C=O) groups is 1. The number of anilines is 2. The van der Waals surface area contributed by atoms with E-state index in [1.165, 1.54) is 0 Å². The summed E-state index contributed by atoms with van der Waals surface area (Å²) in [5.74, 6) is 0.906. The van der Waals surface area contributed by atoms with Crippen LogP contribution in [0, 0.1) is 0 Å². The van der Waals surface area contributed by atoms with Crippen LogP contribution in [-0.4, -0.2) is 96.7 Å². The van der Waals surface area contributed by atoms with Crippen LogP contribution < -0.4 is 10.2 Å². The van der Waals surface area contributed by atoms with Gasteiger partial charge < -0.3 is 29.7 Å². The number of aromatic amines is 1. The maximum atomic E-state index is 12.6. The van der Waals surface area contributed by atoms with Crippen molar-refractivity contribution in [2.45, 2.75) is 25.3 Å². The van der Waals surface area contributed by atoms with Gasteiger partial charge in [0.05, 0.1) is 23.5 Å². The van der Waals surface area contributed by atoms with E-state index in [9.17, 15) is 4.79 Å². The highest BCUT2D eigenvalue weighted by Crippen LogP contribution is 2.32. The fourth-order valence-corrected chi connectivity index (χ4v) is 5.15. The standard InChI is InChI=1S/C26H34ClN7O2/c1-32-11-8-19(9-12-32)29-23-21(27)16-28-26-24(23)30-25(31-26)18-4-6-20(7-5-18)34-14-13-33(22(35)17-34)10-3-15-36-2/h4-7,16,19H,3,8-15,17H2,1-2H3,(H2,28,29,30,31). The highest BCUT2D eigenvalue weighted by atomic mass is 35.5. The van der Waals surface area contributed by atoms with Gasteiger partial charge in [-0.05, 0) is 63.7 Å². The normalized spacial score (nSPS) is 17.8. The van der Waals surface area contributed by atoms with E-state index in [1.807, 2.05) is 17.0 Å². The number of nitrogens with one attached hydrogen (secondary N) is 2. The Hall–Kier alpha value is -2.88. The first kappa shape index (κ1) is 24.8. The zero-order valence-electron chi connectivity index (χ0n) is 21.0. The topological polar surface area (TPSA) is 89.6 Å². The van der Waals surface area contributed by atoms with E-state index in [1.54, 1.807) is 13.3 Å². The SMILES string of the molecule is COCCCN1CCN(c2ccc(-c3nc4c(NC5CCN(C)CC5)c(Cl)cnc4[nH]3)cc2)CC1=O. The molecule has 0 aliphatic carbocycles. The summed E-state index contributed by atoms with van der Waals surface area (Å²) < 4.78 is 5.10. The molecular formula is C26H34ClN7O2. The lowest BCUT2D eigenvalue weighted by atomic mass is 10.1. The molecule has 192 valence electrons. The fraction of sp³-hybridized carbons (Fsp3) is 0.500. The molecule has 0 bridgehead atoms. The number of nitrogens with zero attached hydrogens (tertiary/aromatic N) is 5. The third kappa shape index (κ3) is 5.43. The summed E-state index contributed by atoms with van der Waals surface area (Å²) in [5, 5.41) is 4.21. The average molecular weight is 512 g/mol. The summed E-state index contributed by atoms with van der Waals surface area (Å²) in [6.45, 7) is 5.49. The Morgan fingerprint density at radius 3 is 2.67 bits per heavy atom. The molecule has 10 heteroatoms. The number of piperidine rings is 1. The van der Waals surface area contributed by atoms with Crippen LogP contribution in [0.4, 0.5) is 11.4 Å². The van der Waals surface area contributed by atoms with Gasteiger partial charge in [-0.25, -0.2) is 9.97 Å². The van der Waals surface area contributed by atoms with Crippen LogP contribution in [0.5, 0.6) is 0 Å². The molecule has 2 aromatic heterocycles. The second-order valence-electron chi connectivity index (χ2n) is 9.68. The first-order valence-corrected chi connectivity index (χ1v) is 13.0. The largest absolute Gasteiger partial charge is 0.385 e. The smallest absolute Gasteiger partial charge is 0.242 e. The number of fused-ring (bicyclic) bond motifs is 1. The van der Waals surface area contributed by atoms with Gasteiger partial charge in [-0.15, -0.1) is 0 Å². The van der Waals surface area contributed by atoms with Gasteiger partial charge in [-0.2, -0.15) is 0 Å². The summed E-state index contributed by atoms with van der Waals surface area (Å²) >= 11 is 6.54. The first-order chi connectivity index (χ1) is 17.5. The third-order valence-electron chi connectivity index (χ3n) is 7.14. The van der Waals surface area contributed by atoms with Crippen LogP contribution in [-0.2, 0) is 9.53 Å². The minimum Gasteiger partial charge on any atom is -0.385 e. The van der Waals surface area contributed by atoms with E-state index in [0.29, 0.717) is 29.9 Å². The Kier molecular flexibility index (Phi) is 7.59. The number of likely N-dealkylation sites (tertiary alicyclic amines) is 1. The average Bonchev–Trinajstić information content (AvgIpc) is 3.33. The molecule has 36 heavy (non-hydrogen) atoms. The molecule has 2 aliphatic heterocycles. The molecule has 1 amide bonds. The molecule has 2 saturated heterocycles. The molecule has 3 aromatic rings. The minimum atomic E-state index is 0.159. The fourth-order valence-electron chi connectivity index (χ4n) is 4.96. The van der Waals surface area contributed by atoms with Gasteiger partial charge in [0, 0.05) is 50.6 Å². The van der Waals surface area contributed by atoms with E-state index in [0.717, 1.165) is 80.3 Å². The van der Waals surface area contributed by atoms with Crippen LogP contribution in [0.1, 0.15) is 19.3 Å². The number of imidazole rings is 1. The summed E-state index contributed by atoms with van der Waals surface area (Å²) in [6, 6.07) is 8.54. The van der Waals surface area contributed by atoms with Crippen LogP contribution >= 0.6 is 11.6 Å². The summed E-state index contributed by atoms with van der Waals surface area (Å²) in [6.07, 6.45) is 4.68. The molecule has 0 atom stereocenters. The van der Waals surface area contributed by atoms with Crippen molar-refractivity contribution in [2.24, 2.45) is 0 Å². The molecule has 1 aromatic carbocycles. The second kappa shape index (κ2) is 11.0. The Morgan fingerprint density at radius 1 is 1.17 bits per heavy atom. The lowest BCUT2D eigenvalue weighted by Gasteiger charge is -2.35. The number of piperazine rings is 1. The number of rotatable bonds is 8. The minimum absolute atomic E-state index is 0.159. The molecule has 2 fully saturated rings. The molecule has 0 radical (unpaired) electrons. The Bertz CT molecular complexity index is 1190. The Balaban J connectivity index is 1.29. The molecule has 9 nitrogen and oxygen atoms in total. The van der Waals surface area contributed by atoms with Crippen LogP contribution in [0.25, 0.3) is 22.6 Å². The summed E-state index contributed by atoms with van der Waals surface area (Å²) in [7, 11) is 3.84. The predicted molar refractivity (Wildman–Crippen MR) is 144 cm³/mol. The molecule has 0 saturated carbocycles. The van der Waals surface area contributed by atoms with E-state index >= 15 is 0 Å². The number of amides is 1. The number of ether oxygens (including phenoxy) is 1. The van der Waals surface area contributed by atoms with E-state index in [4.69, 9.17) is 21.3 Å². The number of H-pyrrole nitrogens is 1. The number of pyridine rings is 1. The number of methoxy groups -OCH3 is 1. The monoisotopic (exact) mass is 511 g/mol. The van der Waals surface area contributed by atoms with Gasteiger partial charge in [0.15, 0.2) is 5.65 Å². The van der Waals surface area contributed by atoms with Crippen molar-refractivity contribution in [3.63, 3.8) is 0 Å². The molecule has 5 rings (SSSR count). The second-order valence-corrected chi connectivity index (χ2v) is 10.1. The Morgan fingerprint density at radius 2 is 1.94 bits per heavy atom. The van der Waals surface area contributed by atoms with Crippen molar-refractivity contribution in [1.82, 2.24) is 24.8 Å². The molecule has 2 aliphatic rings. The highest BCUT2D eigenvalue weighted by molar-refractivity contribution is 6.34. The van der Waals surface area contributed by atoms with Gasteiger partial charge in [-0.3, -0.25) is 4.79 Å². The van der Waals surface area contributed by atoms with Crippen molar-refractivity contribution >= 4 is 40.0 Å². The number of halogens is 1. The van der Waals surface area contributed by atoms with Crippen molar-refractivity contribution in [2.75, 3.05) is 70.2 Å².